The van der Waals surface area contributed by atoms with E-state index in [0.29, 0.717) is 6.54 Å². The largest absolute Gasteiger partial charge is 0.355 e. The lowest BCUT2D eigenvalue weighted by atomic mass is 10.3. The molecule has 0 saturated carbocycles. The van der Waals surface area contributed by atoms with Crippen LogP contribution in [0.4, 0.5) is 5.82 Å². The summed E-state index contributed by atoms with van der Waals surface area (Å²) >= 11 is 3.37. The van der Waals surface area contributed by atoms with Crippen LogP contribution in [0.15, 0.2) is 16.7 Å². The summed E-state index contributed by atoms with van der Waals surface area (Å²) in [5.41, 5.74) is 1.05. The fraction of sp³-hybridized carbons (Fsp3) is 0.500. The van der Waals surface area contributed by atoms with Crippen molar-refractivity contribution in [2.45, 2.75) is 20.3 Å². The highest BCUT2D eigenvalue weighted by Gasteiger charge is 2.10. The van der Waals surface area contributed by atoms with E-state index in [4.69, 9.17) is 0 Å². The molecule has 0 bridgehead atoms. The van der Waals surface area contributed by atoms with E-state index in [1.807, 2.05) is 31.9 Å². The molecule has 1 aromatic rings. The monoisotopic (exact) mass is 299 g/mol. The predicted octanol–water partition coefficient (Wildman–Crippen LogP) is 2.11. The summed E-state index contributed by atoms with van der Waals surface area (Å²) in [6.45, 7) is 5.06. The Labute approximate surface area is 111 Å². The van der Waals surface area contributed by atoms with Gasteiger partial charge in [0.25, 0.3) is 0 Å². The molecule has 0 radical (unpaired) electrons. The smallest absolute Gasteiger partial charge is 0.239 e. The molecule has 0 unspecified atom stereocenters. The second kappa shape index (κ2) is 6.59. The number of nitrogens with one attached hydrogen (secondary N) is 1. The molecule has 0 saturated heterocycles. The minimum atomic E-state index is 0.0264. The zero-order valence-corrected chi connectivity index (χ0v) is 12.0. The number of aromatic nitrogens is 1. The quantitative estimate of drug-likeness (QED) is 0.906. The van der Waals surface area contributed by atoms with Gasteiger partial charge in [-0.1, -0.05) is 6.92 Å². The van der Waals surface area contributed by atoms with Crippen LogP contribution >= 0.6 is 15.9 Å². The summed E-state index contributed by atoms with van der Waals surface area (Å²) in [5, 5.41) is 2.85. The maximum atomic E-state index is 11.6. The van der Waals surface area contributed by atoms with Crippen molar-refractivity contribution in [2.24, 2.45) is 0 Å². The number of rotatable bonds is 5. The fourth-order valence-corrected chi connectivity index (χ4v) is 1.99. The van der Waals surface area contributed by atoms with E-state index in [2.05, 4.69) is 26.2 Å². The van der Waals surface area contributed by atoms with Crippen molar-refractivity contribution < 1.29 is 4.79 Å². The van der Waals surface area contributed by atoms with Gasteiger partial charge in [-0.05, 0) is 40.9 Å². The Morgan fingerprint density at radius 2 is 2.29 bits per heavy atom. The molecule has 1 heterocycles. The molecule has 1 N–H and O–H groups in total. The van der Waals surface area contributed by atoms with Crippen molar-refractivity contribution in [3.8, 4) is 0 Å². The number of carbonyl (C=O) groups excluding carboxylic acids is 1. The summed E-state index contributed by atoms with van der Waals surface area (Å²) < 4.78 is 0.947. The van der Waals surface area contributed by atoms with Gasteiger partial charge in [-0.2, -0.15) is 0 Å². The number of pyridine rings is 1. The minimum Gasteiger partial charge on any atom is -0.355 e. The number of aryl methyl sites for hydroxylation is 1. The second-order valence-corrected chi connectivity index (χ2v) is 4.92. The number of hydrogen-bond donors (Lipinski definition) is 1. The molecule has 17 heavy (non-hydrogen) atoms. The molecule has 0 aromatic carbocycles. The number of carbonyl (C=O) groups is 1. The fourth-order valence-electron chi connectivity index (χ4n) is 1.54. The third-order valence-electron chi connectivity index (χ3n) is 2.33. The van der Waals surface area contributed by atoms with Crippen LogP contribution in [-0.4, -0.2) is 31.0 Å². The highest BCUT2D eigenvalue weighted by Crippen LogP contribution is 2.19. The molecule has 94 valence electrons. The molecular weight excluding hydrogens is 282 g/mol. The summed E-state index contributed by atoms with van der Waals surface area (Å²) in [6.07, 6.45) is 2.69. The Morgan fingerprint density at radius 3 is 2.88 bits per heavy atom. The van der Waals surface area contributed by atoms with Gasteiger partial charge in [-0.15, -0.1) is 0 Å². The van der Waals surface area contributed by atoms with Crippen molar-refractivity contribution in [3.63, 3.8) is 0 Å². The summed E-state index contributed by atoms with van der Waals surface area (Å²) in [6, 6.07) is 1.99. The molecular formula is C12H18BrN3O. The molecule has 0 aliphatic carbocycles. The molecule has 4 nitrogen and oxygen atoms in total. The van der Waals surface area contributed by atoms with E-state index < -0.39 is 0 Å². The summed E-state index contributed by atoms with van der Waals surface area (Å²) in [7, 11) is 1.87. The van der Waals surface area contributed by atoms with E-state index >= 15 is 0 Å². The van der Waals surface area contributed by atoms with Crippen LogP contribution in [0.2, 0.25) is 0 Å². The maximum Gasteiger partial charge on any atom is 0.239 e. The third-order valence-corrected chi connectivity index (χ3v) is 2.77. The molecule has 5 heteroatoms. The maximum absolute atomic E-state index is 11.6. The topological polar surface area (TPSA) is 45.2 Å². The van der Waals surface area contributed by atoms with Crippen LogP contribution in [0.25, 0.3) is 0 Å². The van der Waals surface area contributed by atoms with Gasteiger partial charge in [0.1, 0.15) is 5.82 Å². The third kappa shape index (κ3) is 4.34. The van der Waals surface area contributed by atoms with Crippen LogP contribution in [0.3, 0.4) is 0 Å². The minimum absolute atomic E-state index is 0.0264. The highest BCUT2D eigenvalue weighted by atomic mass is 79.9. The Hall–Kier alpha value is -1.10. The van der Waals surface area contributed by atoms with Crippen LogP contribution in [0.5, 0.6) is 0 Å². The zero-order chi connectivity index (χ0) is 12.8. The van der Waals surface area contributed by atoms with Gasteiger partial charge in [-0.3, -0.25) is 4.79 Å². The van der Waals surface area contributed by atoms with Crippen molar-refractivity contribution in [2.75, 3.05) is 25.0 Å². The average molecular weight is 300 g/mol. The zero-order valence-electron chi connectivity index (χ0n) is 10.5. The second-order valence-electron chi connectivity index (χ2n) is 4.00. The van der Waals surface area contributed by atoms with Crippen molar-refractivity contribution in [1.29, 1.82) is 0 Å². The Kier molecular flexibility index (Phi) is 5.41. The van der Waals surface area contributed by atoms with Gasteiger partial charge in [0.05, 0.1) is 6.54 Å². The van der Waals surface area contributed by atoms with Gasteiger partial charge in [0, 0.05) is 24.3 Å². The van der Waals surface area contributed by atoms with Crippen LogP contribution in [0, 0.1) is 6.92 Å². The lowest BCUT2D eigenvalue weighted by molar-refractivity contribution is -0.119. The van der Waals surface area contributed by atoms with Gasteiger partial charge >= 0.3 is 0 Å². The number of halogens is 1. The Bertz CT molecular complexity index is 395. The van der Waals surface area contributed by atoms with E-state index in [-0.39, 0.29) is 5.91 Å². The first-order valence-corrected chi connectivity index (χ1v) is 6.44. The van der Waals surface area contributed by atoms with E-state index in [1.54, 1.807) is 6.20 Å². The summed E-state index contributed by atoms with van der Waals surface area (Å²) in [4.78, 5) is 17.7. The molecule has 0 aliphatic rings. The molecule has 1 aromatic heterocycles. The van der Waals surface area contributed by atoms with Gasteiger partial charge < -0.3 is 10.2 Å². The molecule has 0 fully saturated rings. The first-order chi connectivity index (χ1) is 8.04. The number of nitrogens with zero attached hydrogens (tertiary/aromatic N) is 2. The number of hydrogen-bond acceptors (Lipinski definition) is 3. The van der Waals surface area contributed by atoms with Crippen molar-refractivity contribution in [1.82, 2.24) is 10.3 Å². The first kappa shape index (κ1) is 14.0. The molecule has 1 amide bonds. The number of amides is 1. The number of anilines is 1. The van der Waals surface area contributed by atoms with E-state index in [1.165, 1.54) is 0 Å². The molecule has 0 aliphatic heterocycles. The average Bonchev–Trinajstić information content (AvgIpc) is 2.26. The molecule has 0 atom stereocenters. The molecule has 0 spiro atoms. The van der Waals surface area contributed by atoms with Crippen molar-refractivity contribution >= 4 is 27.7 Å². The highest BCUT2D eigenvalue weighted by molar-refractivity contribution is 9.10. The van der Waals surface area contributed by atoms with E-state index in [9.17, 15) is 4.79 Å². The lowest BCUT2D eigenvalue weighted by Gasteiger charge is -2.19. The first-order valence-electron chi connectivity index (χ1n) is 5.64. The summed E-state index contributed by atoms with van der Waals surface area (Å²) in [5.74, 6) is 0.860. The van der Waals surface area contributed by atoms with E-state index in [0.717, 1.165) is 28.8 Å². The standard InChI is InChI=1S/C12H18BrN3O/c1-4-5-14-11(17)8-16(3)12-9(2)6-10(13)7-15-12/h6-7H,4-5,8H2,1-3H3,(H,14,17). The Morgan fingerprint density at radius 1 is 1.59 bits per heavy atom. The SMILES string of the molecule is CCCNC(=O)CN(C)c1ncc(Br)cc1C. The number of likely N-dealkylation sites (N-methyl/N-ethyl adjacent to an activating group) is 1. The van der Waals surface area contributed by atoms with Crippen LogP contribution < -0.4 is 10.2 Å². The van der Waals surface area contributed by atoms with Crippen LogP contribution in [-0.2, 0) is 4.79 Å². The lowest BCUT2D eigenvalue weighted by Crippen LogP contribution is -2.36. The normalized spacial score (nSPS) is 10.1. The van der Waals surface area contributed by atoms with Crippen LogP contribution in [0.1, 0.15) is 18.9 Å². The molecule has 1 rings (SSSR count). The van der Waals surface area contributed by atoms with Gasteiger partial charge in [-0.25, -0.2) is 4.98 Å². The van der Waals surface area contributed by atoms with Crippen molar-refractivity contribution in [3.05, 3.63) is 22.3 Å². The predicted molar refractivity (Wildman–Crippen MR) is 73.2 cm³/mol. The Balaban J connectivity index is 2.63. The van der Waals surface area contributed by atoms with Gasteiger partial charge in [0.2, 0.25) is 5.91 Å². The van der Waals surface area contributed by atoms with Gasteiger partial charge in [0.15, 0.2) is 0 Å².